The van der Waals surface area contributed by atoms with E-state index in [1.165, 1.54) is 0 Å². The van der Waals surface area contributed by atoms with Gasteiger partial charge in [0.25, 0.3) is 5.91 Å². The Hall–Kier alpha value is -2.60. The maximum absolute atomic E-state index is 12.4. The van der Waals surface area contributed by atoms with Gasteiger partial charge in [-0.15, -0.1) is 0 Å². The number of amides is 1. The molecule has 0 aliphatic carbocycles. The fraction of sp³-hybridized carbons (Fsp3) is 0.444. The van der Waals surface area contributed by atoms with Crippen LogP contribution in [0.4, 0.5) is 0 Å². The molecule has 0 spiro atoms. The third-order valence-electron chi connectivity index (χ3n) is 5.10. The standard InChI is InChI=1S/C18H21Cl2N3O8/c19-9-3-7(4-10(20)13(9)24)14(25)22-12(16(28)29)5-8-1-2-18(23-8,17(30)31)6-11(21)15(26)27/h3-4,8,11-12,23-24H,1-2,5-6,21H2,(H,22,25)(H,26,27)(H,28,29)(H,30,31)/t8-,11-,12+,18-/m1/s1. The van der Waals surface area contributed by atoms with Crippen LogP contribution in [0, 0.1) is 0 Å². The largest absolute Gasteiger partial charge is 0.505 e. The number of nitrogens with two attached hydrogens (primary N) is 1. The Morgan fingerprint density at radius 1 is 1.16 bits per heavy atom. The molecular formula is C18H21Cl2N3O8. The molecule has 1 aliphatic heterocycles. The molecule has 11 nitrogen and oxygen atoms in total. The molecule has 1 amide bonds. The van der Waals surface area contributed by atoms with Crippen LogP contribution in [0.2, 0.25) is 10.0 Å². The number of halogens is 2. The molecule has 2 rings (SSSR count). The van der Waals surface area contributed by atoms with Gasteiger partial charge in [0.1, 0.15) is 17.6 Å². The first-order valence-electron chi connectivity index (χ1n) is 9.07. The van der Waals surface area contributed by atoms with Gasteiger partial charge in [0, 0.05) is 18.0 Å². The van der Waals surface area contributed by atoms with Crippen LogP contribution in [0.5, 0.6) is 5.75 Å². The average Bonchev–Trinajstić information content (AvgIpc) is 3.08. The number of carbonyl (C=O) groups is 4. The van der Waals surface area contributed by atoms with Crippen LogP contribution in [0.25, 0.3) is 0 Å². The van der Waals surface area contributed by atoms with Crippen molar-refractivity contribution in [2.24, 2.45) is 5.73 Å². The maximum Gasteiger partial charge on any atom is 0.326 e. The smallest absolute Gasteiger partial charge is 0.326 e. The van der Waals surface area contributed by atoms with Crippen molar-refractivity contribution < 1.29 is 39.6 Å². The van der Waals surface area contributed by atoms with E-state index in [1.807, 2.05) is 0 Å². The summed E-state index contributed by atoms with van der Waals surface area (Å²) in [5.41, 5.74) is 3.79. The molecule has 13 heteroatoms. The monoisotopic (exact) mass is 477 g/mol. The van der Waals surface area contributed by atoms with Crippen molar-refractivity contribution >= 4 is 47.0 Å². The summed E-state index contributed by atoms with van der Waals surface area (Å²) >= 11 is 11.6. The fourth-order valence-corrected chi connectivity index (χ4v) is 3.94. The summed E-state index contributed by atoms with van der Waals surface area (Å²) in [5, 5.41) is 42.3. The molecule has 1 heterocycles. The summed E-state index contributed by atoms with van der Waals surface area (Å²) in [7, 11) is 0. The van der Waals surface area contributed by atoms with E-state index >= 15 is 0 Å². The number of phenolic OH excluding ortho intramolecular Hbond substituents is 1. The number of phenols is 1. The molecule has 1 fully saturated rings. The summed E-state index contributed by atoms with van der Waals surface area (Å²) in [5.74, 6) is -5.24. The Bertz CT molecular complexity index is 889. The highest BCUT2D eigenvalue weighted by Gasteiger charge is 2.47. The van der Waals surface area contributed by atoms with Crippen LogP contribution < -0.4 is 16.4 Å². The minimum Gasteiger partial charge on any atom is -0.505 e. The van der Waals surface area contributed by atoms with Gasteiger partial charge in [-0.2, -0.15) is 0 Å². The molecule has 1 aromatic rings. The number of nitrogens with one attached hydrogen (secondary N) is 2. The second kappa shape index (κ2) is 9.69. The van der Waals surface area contributed by atoms with E-state index in [2.05, 4.69) is 10.6 Å². The highest BCUT2D eigenvalue weighted by molar-refractivity contribution is 6.37. The SMILES string of the molecule is N[C@H](C[C@@]1(C(=O)O)CC[C@H](C[C@H](NC(=O)c2cc(Cl)c(O)c(Cl)c2)C(=O)O)N1)C(=O)O. The Labute approximate surface area is 186 Å². The number of carboxylic acids is 3. The Morgan fingerprint density at radius 3 is 2.23 bits per heavy atom. The summed E-state index contributed by atoms with van der Waals surface area (Å²) in [6.07, 6.45) is -0.284. The number of hydrogen-bond donors (Lipinski definition) is 7. The van der Waals surface area contributed by atoms with Gasteiger partial charge in [-0.05, 0) is 31.4 Å². The number of benzene rings is 1. The van der Waals surface area contributed by atoms with E-state index in [9.17, 15) is 34.5 Å². The number of hydrogen-bond acceptors (Lipinski definition) is 7. The van der Waals surface area contributed by atoms with Crippen LogP contribution in [0.1, 0.15) is 36.0 Å². The van der Waals surface area contributed by atoms with Crippen LogP contribution in [0.3, 0.4) is 0 Å². The third kappa shape index (κ3) is 5.76. The molecule has 31 heavy (non-hydrogen) atoms. The van der Waals surface area contributed by atoms with Crippen molar-refractivity contribution in [2.45, 2.75) is 49.3 Å². The van der Waals surface area contributed by atoms with Crippen molar-refractivity contribution in [3.05, 3.63) is 27.7 Å². The number of carbonyl (C=O) groups excluding carboxylic acids is 1. The Balaban J connectivity index is 2.12. The normalized spacial score (nSPS) is 22.5. The van der Waals surface area contributed by atoms with Gasteiger partial charge in [0.2, 0.25) is 0 Å². The number of rotatable bonds is 9. The lowest BCUT2D eigenvalue weighted by Gasteiger charge is -2.28. The lowest BCUT2D eigenvalue weighted by molar-refractivity contribution is -0.146. The van der Waals surface area contributed by atoms with Crippen molar-refractivity contribution in [1.82, 2.24) is 10.6 Å². The van der Waals surface area contributed by atoms with Gasteiger partial charge >= 0.3 is 17.9 Å². The van der Waals surface area contributed by atoms with Gasteiger partial charge in [0.05, 0.1) is 10.0 Å². The summed E-state index contributed by atoms with van der Waals surface area (Å²) in [4.78, 5) is 46.9. The van der Waals surface area contributed by atoms with Crippen molar-refractivity contribution in [1.29, 1.82) is 0 Å². The number of aliphatic carboxylic acids is 3. The summed E-state index contributed by atoms with van der Waals surface area (Å²) < 4.78 is 0. The minimum atomic E-state index is -1.62. The molecule has 0 bridgehead atoms. The second-order valence-electron chi connectivity index (χ2n) is 7.30. The first-order valence-corrected chi connectivity index (χ1v) is 9.83. The quantitative estimate of drug-likeness (QED) is 0.264. The van der Waals surface area contributed by atoms with E-state index in [0.29, 0.717) is 0 Å². The number of aromatic hydroxyl groups is 1. The molecular weight excluding hydrogens is 457 g/mol. The van der Waals surface area contributed by atoms with Crippen LogP contribution in [-0.2, 0) is 14.4 Å². The van der Waals surface area contributed by atoms with Crippen molar-refractivity contribution in [3.8, 4) is 5.75 Å². The molecule has 1 saturated heterocycles. The maximum atomic E-state index is 12.4. The topological polar surface area (TPSA) is 199 Å². The van der Waals surface area contributed by atoms with E-state index in [-0.39, 0.29) is 41.3 Å². The van der Waals surface area contributed by atoms with Crippen molar-refractivity contribution in [2.75, 3.05) is 0 Å². The molecule has 8 N–H and O–H groups in total. The van der Waals surface area contributed by atoms with E-state index in [0.717, 1.165) is 12.1 Å². The fourth-order valence-electron chi connectivity index (χ4n) is 3.46. The predicted octanol–water partition coefficient (Wildman–Crippen LogP) is 0.650. The van der Waals surface area contributed by atoms with E-state index < -0.39 is 53.2 Å². The predicted molar refractivity (Wildman–Crippen MR) is 108 cm³/mol. The van der Waals surface area contributed by atoms with Gasteiger partial charge < -0.3 is 31.5 Å². The lowest BCUT2D eigenvalue weighted by Crippen LogP contribution is -2.55. The van der Waals surface area contributed by atoms with Gasteiger partial charge in [0.15, 0.2) is 5.75 Å². The average molecular weight is 478 g/mol. The van der Waals surface area contributed by atoms with Crippen LogP contribution in [0.15, 0.2) is 12.1 Å². The first kappa shape index (κ1) is 24.7. The van der Waals surface area contributed by atoms with Crippen LogP contribution >= 0.6 is 23.2 Å². The molecule has 4 atom stereocenters. The van der Waals surface area contributed by atoms with Gasteiger partial charge in [-0.25, -0.2) is 4.79 Å². The minimum absolute atomic E-state index is 0.0391. The molecule has 1 aliphatic rings. The molecule has 170 valence electrons. The highest BCUT2D eigenvalue weighted by Crippen LogP contribution is 2.33. The molecule has 1 aromatic carbocycles. The van der Waals surface area contributed by atoms with Gasteiger partial charge in [-0.3, -0.25) is 19.7 Å². The summed E-state index contributed by atoms with van der Waals surface area (Å²) in [6.45, 7) is 0. The Morgan fingerprint density at radius 2 is 1.74 bits per heavy atom. The highest BCUT2D eigenvalue weighted by atomic mass is 35.5. The molecule has 0 unspecified atom stereocenters. The zero-order chi connectivity index (χ0) is 23.5. The van der Waals surface area contributed by atoms with Crippen LogP contribution in [-0.4, -0.2) is 67.9 Å². The van der Waals surface area contributed by atoms with Crippen molar-refractivity contribution in [3.63, 3.8) is 0 Å². The first-order chi connectivity index (χ1) is 14.4. The number of carboxylic acid groups (broad SMARTS) is 3. The zero-order valence-corrected chi connectivity index (χ0v) is 17.5. The van der Waals surface area contributed by atoms with Gasteiger partial charge in [-0.1, -0.05) is 23.2 Å². The van der Waals surface area contributed by atoms with E-state index in [4.69, 9.17) is 34.0 Å². The lowest BCUT2D eigenvalue weighted by atomic mass is 9.89. The summed E-state index contributed by atoms with van der Waals surface area (Å²) in [6, 6.07) is -1.21. The molecule has 0 radical (unpaired) electrons. The van der Waals surface area contributed by atoms with E-state index in [1.54, 1.807) is 0 Å². The molecule has 0 saturated carbocycles. The Kier molecular flexibility index (Phi) is 7.71. The molecule has 0 aromatic heterocycles. The third-order valence-corrected chi connectivity index (χ3v) is 5.67. The zero-order valence-electron chi connectivity index (χ0n) is 16.0. The second-order valence-corrected chi connectivity index (χ2v) is 8.12.